The molecule has 11 nitrogen and oxygen atoms in total. The summed E-state index contributed by atoms with van der Waals surface area (Å²) in [4.78, 5) is 33.7. The van der Waals surface area contributed by atoms with Gasteiger partial charge in [0.15, 0.2) is 0 Å². The van der Waals surface area contributed by atoms with Crippen LogP contribution in [0.2, 0.25) is 0 Å². The number of carbonyl (C=O) groups excluding carboxylic acids is 2. The third-order valence-electron chi connectivity index (χ3n) is 3.13. The van der Waals surface area contributed by atoms with E-state index in [9.17, 15) is 14.4 Å². The zero-order valence-corrected chi connectivity index (χ0v) is 16.8. The summed E-state index contributed by atoms with van der Waals surface area (Å²) in [6.07, 6.45) is -0.842. The van der Waals surface area contributed by atoms with Gasteiger partial charge in [-0.1, -0.05) is 0 Å². The Morgan fingerprint density at radius 2 is 1.36 bits per heavy atom. The quantitative estimate of drug-likeness (QED) is 0.278. The van der Waals surface area contributed by atoms with Crippen molar-refractivity contribution in [2.45, 2.75) is 26.4 Å². The van der Waals surface area contributed by atoms with Crippen molar-refractivity contribution in [3.05, 3.63) is 0 Å². The maximum atomic E-state index is 11.5. The first kappa shape index (κ1) is 26.1. The van der Waals surface area contributed by atoms with Crippen LogP contribution in [-0.4, -0.2) is 94.6 Å². The van der Waals surface area contributed by atoms with Gasteiger partial charge in [-0.05, 0) is 20.8 Å². The number of ether oxygens (including phenoxy) is 5. The van der Waals surface area contributed by atoms with Gasteiger partial charge in [-0.3, -0.25) is 4.79 Å². The molecule has 0 bridgehead atoms. The Balaban J connectivity index is 3.44. The van der Waals surface area contributed by atoms with Gasteiger partial charge in [0, 0.05) is 19.7 Å². The van der Waals surface area contributed by atoms with Crippen molar-refractivity contribution < 1.29 is 43.2 Å². The fourth-order valence-electron chi connectivity index (χ4n) is 1.60. The van der Waals surface area contributed by atoms with E-state index in [2.05, 4.69) is 10.6 Å². The SMILES string of the molecule is CCOCCOCCNC(=O)COCCOCCNC(=O)OC(C)(C)C(=O)O. The van der Waals surface area contributed by atoms with Crippen molar-refractivity contribution in [1.82, 2.24) is 10.6 Å². The fourth-order valence-corrected chi connectivity index (χ4v) is 1.60. The van der Waals surface area contributed by atoms with Gasteiger partial charge < -0.3 is 39.4 Å². The monoisotopic (exact) mass is 408 g/mol. The van der Waals surface area contributed by atoms with E-state index in [1.165, 1.54) is 13.8 Å². The Bertz CT molecular complexity index is 458. The molecule has 0 aromatic rings. The van der Waals surface area contributed by atoms with Gasteiger partial charge >= 0.3 is 12.1 Å². The van der Waals surface area contributed by atoms with Gasteiger partial charge in [-0.25, -0.2) is 9.59 Å². The molecule has 0 spiro atoms. The van der Waals surface area contributed by atoms with E-state index >= 15 is 0 Å². The van der Waals surface area contributed by atoms with Crippen LogP contribution in [0, 0.1) is 0 Å². The first-order valence-electron chi connectivity index (χ1n) is 9.07. The van der Waals surface area contributed by atoms with E-state index in [1.54, 1.807) is 0 Å². The van der Waals surface area contributed by atoms with Crippen molar-refractivity contribution in [3.8, 4) is 0 Å². The summed E-state index contributed by atoms with van der Waals surface area (Å²) >= 11 is 0. The maximum Gasteiger partial charge on any atom is 0.408 e. The van der Waals surface area contributed by atoms with E-state index in [0.717, 1.165) is 0 Å². The molecule has 11 heteroatoms. The fraction of sp³-hybridized carbons (Fsp3) is 0.824. The van der Waals surface area contributed by atoms with Crippen LogP contribution in [0.3, 0.4) is 0 Å². The number of amides is 2. The molecule has 2 amide bonds. The molecule has 0 radical (unpaired) electrons. The molecule has 0 aliphatic heterocycles. The summed E-state index contributed by atoms with van der Waals surface area (Å²) in [5.74, 6) is -1.49. The predicted octanol–water partition coefficient (Wildman–Crippen LogP) is -0.222. The highest BCUT2D eigenvalue weighted by Gasteiger charge is 2.31. The molecule has 3 N–H and O–H groups in total. The van der Waals surface area contributed by atoms with Gasteiger partial charge in [0.2, 0.25) is 11.5 Å². The highest BCUT2D eigenvalue weighted by Crippen LogP contribution is 2.08. The number of alkyl carbamates (subject to hydrolysis) is 1. The molecule has 0 heterocycles. The minimum absolute atomic E-state index is 0.0862. The van der Waals surface area contributed by atoms with E-state index in [4.69, 9.17) is 28.8 Å². The van der Waals surface area contributed by atoms with Crippen LogP contribution in [0.5, 0.6) is 0 Å². The van der Waals surface area contributed by atoms with Gasteiger partial charge in [-0.15, -0.1) is 0 Å². The Hall–Kier alpha value is -1.95. The second-order valence-electron chi connectivity index (χ2n) is 5.96. The third-order valence-corrected chi connectivity index (χ3v) is 3.13. The molecule has 0 aromatic carbocycles. The van der Waals surface area contributed by atoms with E-state index in [0.29, 0.717) is 33.0 Å². The lowest BCUT2D eigenvalue weighted by molar-refractivity contribution is -0.154. The molecule has 0 atom stereocenters. The topological polar surface area (TPSA) is 142 Å². The van der Waals surface area contributed by atoms with Crippen LogP contribution in [0.4, 0.5) is 4.79 Å². The average molecular weight is 408 g/mol. The van der Waals surface area contributed by atoms with Crippen LogP contribution >= 0.6 is 0 Å². The third kappa shape index (κ3) is 15.1. The molecule has 0 aliphatic rings. The molecule has 164 valence electrons. The lowest BCUT2D eigenvalue weighted by Crippen LogP contribution is -2.41. The Morgan fingerprint density at radius 1 is 0.821 bits per heavy atom. The summed E-state index contributed by atoms with van der Waals surface area (Å²) in [5.41, 5.74) is -1.60. The summed E-state index contributed by atoms with van der Waals surface area (Å²) in [6.45, 7) is 7.63. The lowest BCUT2D eigenvalue weighted by Gasteiger charge is -2.20. The van der Waals surface area contributed by atoms with E-state index in [-0.39, 0.29) is 38.9 Å². The number of hydrogen-bond acceptors (Lipinski definition) is 8. The number of hydrogen-bond donors (Lipinski definition) is 3. The number of carboxylic acid groups (broad SMARTS) is 1. The standard InChI is InChI=1S/C17H32N2O9/c1-4-24-9-10-25-7-5-18-14(20)13-27-12-11-26-8-6-19-16(23)28-17(2,3)15(21)22/h4-13H2,1-3H3,(H,18,20)(H,19,23)(H,21,22). The number of nitrogens with one attached hydrogen (secondary N) is 2. The van der Waals surface area contributed by atoms with Gasteiger partial charge in [0.05, 0.1) is 39.6 Å². The zero-order valence-electron chi connectivity index (χ0n) is 16.8. The lowest BCUT2D eigenvalue weighted by atomic mass is 10.1. The molecule has 28 heavy (non-hydrogen) atoms. The molecule has 0 unspecified atom stereocenters. The highest BCUT2D eigenvalue weighted by atomic mass is 16.6. The maximum absolute atomic E-state index is 11.5. The van der Waals surface area contributed by atoms with Crippen LogP contribution in [-0.2, 0) is 33.3 Å². The van der Waals surface area contributed by atoms with Crippen molar-refractivity contribution in [2.24, 2.45) is 0 Å². The van der Waals surface area contributed by atoms with Crippen molar-refractivity contribution in [1.29, 1.82) is 0 Å². The normalized spacial score (nSPS) is 11.1. The van der Waals surface area contributed by atoms with E-state index in [1.807, 2.05) is 6.92 Å². The smallest absolute Gasteiger partial charge is 0.408 e. The minimum atomic E-state index is -1.60. The Labute approximate surface area is 165 Å². The second-order valence-corrected chi connectivity index (χ2v) is 5.96. The van der Waals surface area contributed by atoms with Crippen molar-refractivity contribution in [3.63, 3.8) is 0 Å². The average Bonchev–Trinajstić information content (AvgIpc) is 2.62. The van der Waals surface area contributed by atoms with Crippen molar-refractivity contribution in [2.75, 3.05) is 65.9 Å². The Morgan fingerprint density at radius 3 is 1.93 bits per heavy atom. The molecular formula is C17H32N2O9. The van der Waals surface area contributed by atoms with Crippen LogP contribution in [0.1, 0.15) is 20.8 Å². The summed E-state index contributed by atoms with van der Waals surface area (Å²) < 4.78 is 25.5. The molecule has 0 fully saturated rings. The van der Waals surface area contributed by atoms with Gasteiger partial charge in [0.25, 0.3) is 0 Å². The molecule has 0 aliphatic carbocycles. The first-order chi connectivity index (χ1) is 13.3. The molecule has 0 saturated carbocycles. The van der Waals surface area contributed by atoms with Crippen LogP contribution in [0.25, 0.3) is 0 Å². The number of carboxylic acids is 1. The Kier molecular flexibility index (Phi) is 14.9. The largest absolute Gasteiger partial charge is 0.478 e. The van der Waals surface area contributed by atoms with Crippen LogP contribution < -0.4 is 10.6 Å². The molecule has 0 aromatic heterocycles. The van der Waals surface area contributed by atoms with E-state index < -0.39 is 17.7 Å². The van der Waals surface area contributed by atoms with Gasteiger partial charge in [0.1, 0.15) is 6.61 Å². The highest BCUT2D eigenvalue weighted by molar-refractivity contribution is 5.80. The predicted molar refractivity (Wildman–Crippen MR) is 98.2 cm³/mol. The minimum Gasteiger partial charge on any atom is -0.478 e. The number of carbonyl (C=O) groups is 3. The summed E-state index contributed by atoms with van der Waals surface area (Å²) in [7, 11) is 0. The second kappa shape index (κ2) is 16.0. The summed E-state index contributed by atoms with van der Waals surface area (Å²) in [6, 6.07) is 0. The number of rotatable bonds is 17. The van der Waals surface area contributed by atoms with Crippen molar-refractivity contribution >= 4 is 18.0 Å². The molecule has 0 saturated heterocycles. The molecular weight excluding hydrogens is 376 g/mol. The summed E-state index contributed by atoms with van der Waals surface area (Å²) in [5, 5.41) is 13.9. The van der Waals surface area contributed by atoms with Gasteiger partial charge in [-0.2, -0.15) is 0 Å². The van der Waals surface area contributed by atoms with Crippen LogP contribution in [0.15, 0.2) is 0 Å². The molecule has 0 rings (SSSR count). The first-order valence-corrected chi connectivity index (χ1v) is 9.07. The number of aliphatic carboxylic acids is 1. The zero-order chi connectivity index (χ0) is 21.3.